The monoisotopic (exact) mass is 224 g/mol. The number of hydrogen-bond donors (Lipinski definition) is 1. The fourth-order valence-electron chi connectivity index (χ4n) is 1.21. The Kier molecular flexibility index (Phi) is 5.64. The van der Waals surface area contributed by atoms with Gasteiger partial charge in [-0.25, -0.2) is 4.98 Å². The van der Waals surface area contributed by atoms with Gasteiger partial charge in [-0.2, -0.15) is 0 Å². The van der Waals surface area contributed by atoms with Gasteiger partial charge in [-0.05, 0) is 26.8 Å². The van der Waals surface area contributed by atoms with E-state index in [1.807, 2.05) is 32.9 Å². The quantitative estimate of drug-likeness (QED) is 0.722. The normalized spacial score (nSPS) is 10.5. The van der Waals surface area contributed by atoms with Crippen molar-refractivity contribution in [3.8, 4) is 5.88 Å². The van der Waals surface area contributed by atoms with Gasteiger partial charge >= 0.3 is 0 Å². The molecular formula is C12H20N2O2. The average Bonchev–Trinajstić information content (AvgIpc) is 2.27. The summed E-state index contributed by atoms with van der Waals surface area (Å²) in [6, 6.07) is 3.81. The van der Waals surface area contributed by atoms with Crippen molar-refractivity contribution in [1.82, 2.24) is 4.98 Å². The van der Waals surface area contributed by atoms with Crippen LogP contribution >= 0.6 is 0 Å². The van der Waals surface area contributed by atoms with Crippen LogP contribution in [0.4, 0.5) is 5.69 Å². The van der Waals surface area contributed by atoms with E-state index in [2.05, 4.69) is 10.3 Å². The molecule has 0 bridgehead atoms. The second-order valence-electron chi connectivity index (χ2n) is 3.66. The second-order valence-corrected chi connectivity index (χ2v) is 3.66. The number of hydrogen-bond acceptors (Lipinski definition) is 4. The minimum atomic E-state index is 0.278. The lowest BCUT2D eigenvalue weighted by atomic mass is 10.4. The summed E-state index contributed by atoms with van der Waals surface area (Å²) in [6.07, 6.45) is 2.04. The van der Waals surface area contributed by atoms with Crippen molar-refractivity contribution >= 4 is 5.69 Å². The van der Waals surface area contributed by atoms with E-state index >= 15 is 0 Å². The lowest BCUT2D eigenvalue weighted by Crippen LogP contribution is -2.13. The molecule has 1 heterocycles. The van der Waals surface area contributed by atoms with Crippen LogP contribution in [-0.4, -0.2) is 30.8 Å². The SMILES string of the molecule is CCOc1ccc(NCCOC(C)C)cn1. The maximum absolute atomic E-state index is 5.42. The largest absolute Gasteiger partial charge is 0.478 e. The molecule has 1 rings (SSSR count). The van der Waals surface area contributed by atoms with Gasteiger partial charge in [0.05, 0.1) is 31.2 Å². The topological polar surface area (TPSA) is 43.4 Å². The van der Waals surface area contributed by atoms with Crippen molar-refractivity contribution in [1.29, 1.82) is 0 Å². The molecule has 0 atom stereocenters. The smallest absolute Gasteiger partial charge is 0.213 e. The van der Waals surface area contributed by atoms with Crippen LogP contribution < -0.4 is 10.1 Å². The van der Waals surface area contributed by atoms with Gasteiger partial charge in [0, 0.05) is 12.6 Å². The standard InChI is InChI=1S/C12H20N2O2/c1-4-15-12-6-5-11(9-14-12)13-7-8-16-10(2)3/h5-6,9-10,13H,4,7-8H2,1-3H3. The molecule has 4 nitrogen and oxygen atoms in total. The van der Waals surface area contributed by atoms with Gasteiger partial charge in [0.25, 0.3) is 0 Å². The average molecular weight is 224 g/mol. The number of pyridine rings is 1. The Morgan fingerprint density at radius 2 is 2.19 bits per heavy atom. The number of ether oxygens (including phenoxy) is 2. The number of nitrogens with one attached hydrogen (secondary N) is 1. The first-order valence-electron chi connectivity index (χ1n) is 5.66. The third kappa shape index (κ3) is 4.98. The van der Waals surface area contributed by atoms with Gasteiger partial charge in [-0.15, -0.1) is 0 Å². The third-order valence-electron chi connectivity index (χ3n) is 1.91. The predicted molar refractivity (Wildman–Crippen MR) is 65.0 cm³/mol. The Morgan fingerprint density at radius 1 is 1.38 bits per heavy atom. The van der Waals surface area contributed by atoms with Gasteiger partial charge in [0.15, 0.2) is 0 Å². The molecule has 0 aromatic carbocycles. The van der Waals surface area contributed by atoms with Crippen LogP contribution in [0.25, 0.3) is 0 Å². The summed E-state index contributed by atoms with van der Waals surface area (Å²) in [5.74, 6) is 0.659. The molecule has 0 aliphatic carbocycles. The van der Waals surface area contributed by atoms with E-state index in [4.69, 9.17) is 9.47 Å². The van der Waals surface area contributed by atoms with Crippen LogP contribution in [0, 0.1) is 0 Å². The van der Waals surface area contributed by atoms with Crippen LogP contribution in [0.15, 0.2) is 18.3 Å². The predicted octanol–water partition coefficient (Wildman–Crippen LogP) is 2.32. The van der Waals surface area contributed by atoms with E-state index in [0.717, 1.165) is 12.2 Å². The van der Waals surface area contributed by atoms with Gasteiger partial charge in [-0.1, -0.05) is 0 Å². The lowest BCUT2D eigenvalue weighted by Gasteiger charge is -2.09. The Morgan fingerprint density at radius 3 is 2.75 bits per heavy atom. The van der Waals surface area contributed by atoms with E-state index in [-0.39, 0.29) is 6.10 Å². The molecule has 0 saturated heterocycles. The highest BCUT2D eigenvalue weighted by atomic mass is 16.5. The highest BCUT2D eigenvalue weighted by molar-refractivity contribution is 5.41. The van der Waals surface area contributed by atoms with Gasteiger partial charge in [0.1, 0.15) is 0 Å². The number of rotatable bonds is 7. The summed E-state index contributed by atoms with van der Waals surface area (Å²) >= 11 is 0. The van der Waals surface area contributed by atoms with E-state index in [1.165, 1.54) is 0 Å². The van der Waals surface area contributed by atoms with Crippen LogP contribution in [-0.2, 0) is 4.74 Å². The van der Waals surface area contributed by atoms with E-state index in [1.54, 1.807) is 6.20 Å². The number of aromatic nitrogens is 1. The molecular weight excluding hydrogens is 204 g/mol. The summed E-state index contributed by atoms with van der Waals surface area (Å²) in [5, 5.41) is 3.23. The highest BCUT2D eigenvalue weighted by Gasteiger charge is 1.96. The minimum absolute atomic E-state index is 0.278. The van der Waals surface area contributed by atoms with E-state index < -0.39 is 0 Å². The summed E-state index contributed by atoms with van der Waals surface area (Å²) in [5.41, 5.74) is 0.982. The molecule has 0 radical (unpaired) electrons. The summed E-state index contributed by atoms with van der Waals surface area (Å²) in [4.78, 5) is 4.16. The Balaban J connectivity index is 2.26. The first-order chi connectivity index (χ1) is 7.72. The molecule has 4 heteroatoms. The zero-order valence-electron chi connectivity index (χ0n) is 10.2. The molecule has 16 heavy (non-hydrogen) atoms. The molecule has 1 N–H and O–H groups in total. The van der Waals surface area contributed by atoms with Crippen LogP contribution in [0.5, 0.6) is 5.88 Å². The molecule has 90 valence electrons. The third-order valence-corrected chi connectivity index (χ3v) is 1.91. The van der Waals surface area contributed by atoms with Crippen molar-refractivity contribution in [2.24, 2.45) is 0 Å². The number of anilines is 1. The molecule has 0 fully saturated rings. The maximum Gasteiger partial charge on any atom is 0.213 e. The van der Waals surface area contributed by atoms with Crippen molar-refractivity contribution in [3.63, 3.8) is 0 Å². The zero-order valence-corrected chi connectivity index (χ0v) is 10.2. The Bertz CT molecular complexity index is 286. The molecule has 1 aromatic rings. The van der Waals surface area contributed by atoms with Crippen molar-refractivity contribution in [3.05, 3.63) is 18.3 Å². The highest BCUT2D eigenvalue weighted by Crippen LogP contribution is 2.10. The Labute approximate surface area is 97.0 Å². The first-order valence-corrected chi connectivity index (χ1v) is 5.66. The molecule has 0 spiro atoms. The van der Waals surface area contributed by atoms with Crippen LogP contribution in [0.1, 0.15) is 20.8 Å². The second kappa shape index (κ2) is 7.06. The van der Waals surface area contributed by atoms with Gasteiger partial charge in [-0.3, -0.25) is 0 Å². The van der Waals surface area contributed by atoms with Crippen molar-refractivity contribution in [2.45, 2.75) is 26.9 Å². The molecule has 1 aromatic heterocycles. The molecule has 0 unspecified atom stereocenters. The van der Waals surface area contributed by atoms with Crippen LogP contribution in [0.2, 0.25) is 0 Å². The van der Waals surface area contributed by atoms with Crippen molar-refractivity contribution < 1.29 is 9.47 Å². The van der Waals surface area contributed by atoms with Gasteiger partial charge in [0.2, 0.25) is 5.88 Å². The van der Waals surface area contributed by atoms with E-state index in [0.29, 0.717) is 19.1 Å². The fraction of sp³-hybridized carbons (Fsp3) is 0.583. The van der Waals surface area contributed by atoms with E-state index in [9.17, 15) is 0 Å². The Hall–Kier alpha value is -1.29. The van der Waals surface area contributed by atoms with Gasteiger partial charge < -0.3 is 14.8 Å². The minimum Gasteiger partial charge on any atom is -0.478 e. The van der Waals surface area contributed by atoms with Crippen LogP contribution in [0.3, 0.4) is 0 Å². The maximum atomic E-state index is 5.42. The number of nitrogens with zero attached hydrogens (tertiary/aromatic N) is 1. The molecule has 0 saturated carbocycles. The zero-order chi connectivity index (χ0) is 11.8. The molecule has 0 amide bonds. The summed E-state index contributed by atoms with van der Waals surface area (Å²) in [6.45, 7) is 8.12. The molecule has 0 aliphatic heterocycles. The fourth-order valence-corrected chi connectivity index (χ4v) is 1.21. The summed E-state index contributed by atoms with van der Waals surface area (Å²) in [7, 11) is 0. The first kappa shape index (κ1) is 12.8. The molecule has 0 aliphatic rings. The summed E-state index contributed by atoms with van der Waals surface area (Å²) < 4.78 is 10.7. The lowest BCUT2D eigenvalue weighted by molar-refractivity contribution is 0.0870. The van der Waals surface area contributed by atoms with Crippen molar-refractivity contribution in [2.75, 3.05) is 25.1 Å².